The fourth-order valence-corrected chi connectivity index (χ4v) is 6.33. The molecule has 1 aliphatic rings. The van der Waals surface area contributed by atoms with Crippen molar-refractivity contribution in [2.75, 3.05) is 28.4 Å². The first-order chi connectivity index (χ1) is 22.3. The highest BCUT2D eigenvalue weighted by Gasteiger charge is 2.14. The van der Waals surface area contributed by atoms with Gasteiger partial charge in [-0.2, -0.15) is 0 Å². The van der Waals surface area contributed by atoms with E-state index >= 15 is 0 Å². The van der Waals surface area contributed by atoms with E-state index in [2.05, 4.69) is 113 Å². The van der Waals surface area contributed by atoms with Crippen LogP contribution in [-0.2, 0) is 19.3 Å². The van der Waals surface area contributed by atoms with E-state index in [4.69, 9.17) is 18.9 Å². The summed E-state index contributed by atoms with van der Waals surface area (Å²) in [5.74, 6) is 3.58. The first-order valence-electron chi connectivity index (χ1n) is 16.0. The molecule has 5 rings (SSSR count). The highest BCUT2D eigenvalue weighted by atomic mass is 16.5. The maximum absolute atomic E-state index is 5.80. The number of aryl methyl sites for hydroxylation is 2. The van der Waals surface area contributed by atoms with Gasteiger partial charge in [0.25, 0.3) is 0 Å². The van der Waals surface area contributed by atoms with Gasteiger partial charge in [0.05, 0.1) is 28.4 Å². The van der Waals surface area contributed by atoms with E-state index in [0.717, 1.165) is 59.8 Å². The van der Waals surface area contributed by atoms with Crippen molar-refractivity contribution < 1.29 is 18.9 Å². The molecule has 0 atom stereocenters. The van der Waals surface area contributed by atoms with Crippen LogP contribution in [0.1, 0.15) is 78.6 Å². The Hall–Kier alpha value is -4.70. The van der Waals surface area contributed by atoms with Gasteiger partial charge in [-0.25, -0.2) is 0 Å². The lowest BCUT2D eigenvalue weighted by atomic mass is 9.92. The summed E-state index contributed by atoms with van der Waals surface area (Å²) in [6.07, 6.45) is 7.85. The summed E-state index contributed by atoms with van der Waals surface area (Å²) in [5, 5.41) is 0. The molecule has 0 fully saturated rings. The lowest BCUT2D eigenvalue weighted by Gasteiger charge is -2.16. The third-order valence-corrected chi connectivity index (χ3v) is 9.46. The lowest BCUT2D eigenvalue weighted by Crippen LogP contribution is -1.99. The molecule has 1 aliphatic carbocycles. The van der Waals surface area contributed by atoms with Crippen LogP contribution in [0.5, 0.6) is 23.0 Å². The van der Waals surface area contributed by atoms with Crippen LogP contribution in [0, 0.1) is 0 Å². The Balaban J connectivity index is 1.67. The Morgan fingerprint density at radius 2 is 0.804 bits per heavy atom. The molecule has 4 nitrogen and oxygen atoms in total. The van der Waals surface area contributed by atoms with E-state index in [-0.39, 0.29) is 0 Å². The average Bonchev–Trinajstić information content (AvgIpc) is 3.09. The average molecular weight is 615 g/mol. The van der Waals surface area contributed by atoms with Gasteiger partial charge in [0, 0.05) is 5.56 Å². The molecule has 0 amide bonds. The minimum Gasteiger partial charge on any atom is -0.496 e. The molecule has 0 aromatic heterocycles. The number of allylic oxidation sites excluding steroid dienone is 5. The van der Waals surface area contributed by atoms with Crippen molar-refractivity contribution in [2.24, 2.45) is 0 Å². The van der Waals surface area contributed by atoms with Crippen molar-refractivity contribution in [1.29, 1.82) is 0 Å². The van der Waals surface area contributed by atoms with E-state index in [1.807, 2.05) is 0 Å². The smallest absolute Gasteiger partial charge is 0.126 e. The van der Waals surface area contributed by atoms with Crippen LogP contribution in [0.4, 0.5) is 0 Å². The van der Waals surface area contributed by atoms with Gasteiger partial charge in [-0.15, -0.1) is 0 Å². The monoisotopic (exact) mass is 614 g/mol. The van der Waals surface area contributed by atoms with Gasteiger partial charge in [0.1, 0.15) is 23.0 Å². The van der Waals surface area contributed by atoms with Crippen LogP contribution in [0.15, 0.2) is 78.9 Å². The second-order valence-corrected chi connectivity index (χ2v) is 12.0. The van der Waals surface area contributed by atoms with Crippen molar-refractivity contribution in [1.82, 2.24) is 0 Å². The molecular formula is C42H46O4. The number of fused-ring (bicyclic) bond motifs is 8. The summed E-state index contributed by atoms with van der Waals surface area (Å²) in [7, 11) is 6.97. The van der Waals surface area contributed by atoms with Crippen LogP contribution in [-0.4, -0.2) is 28.4 Å². The molecule has 8 bridgehead atoms. The fraction of sp³-hybridized carbons (Fsp3) is 0.286. The van der Waals surface area contributed by atoms with Gasteiger partial charge >= 0.3 is 0 Å². The Bertz CT molecular complexity index is 1820. The molecule has 0 aliphatic heterocycles. The van der Waals surface area contributed by atoms with Crippen molar-refractivity contribution in [3.8, 4) is 23.0 Å². The van der Waals surface area contributed by atoms with Gasteiger partial charge in [-0.1, -0.05) is 36.4 Å². The maximum Gasteiger partial charge on any atom is 0.126 e. The lowest BCUT2D eigenvalue weighted by molar-refractivity contribution is 0.406. The minimum absolute atomic E-state index is 0.728. The van der Waals surface area contributed by atoms with Gasteiger partial charge in [-0.05, 0) is 163 Å². The number of benzene rings is 4. The fourth-order valence-electron chi connectivity index (χ4n) is 6.33. The molecule has 0 heterocycles. The number of ether oxygens (including phenoxy) is 4. The molecule has 46 heavy (non-hydrogen) atoms. The van der Waals surface area contributed by atoms with Crippen molar-refractivity contribution in [3.05, 3.63) is 123 Å². The highest BCUT2D eigenvalue weighted by Crippen LogP contribution is 2.35. The first-order valence-corrected chi connectivity index (χ1v) is 16.0. The molecular weight excluding hydrogens is 568 g/mol. The molecule has 0 radical (unpaired) electrons. The predicted molar refractivity (Wildman–Crippen MR) is 193 cm³/mol. The second-order valence-electron chi connectivity index (χ2n) is 12.0. The van der Waals surface area contributed by atoms with Gasteiger partial charge in [0.15, 0.2) is 0 Å². The summed E-state index contributed by atoms with van der Waals surface area (Å²) >= 11 is 0. The van der Waals surface area contributed by atoms with Gasteiger partial charge < -0.3 is 18.9 Å². The predicted octanol–water partition coefficient (Wildman–Crippen LogP) is 10.4. The Morgan fingerprint density at radius 3 is 1.24 bits per heavy atom. The number of methoxy groups -OCH3 is 4. The summed E-state index contributed by atoms with van der Waals surface area (Å²) in [5.41, 5.74) is 14.3. The van der Waals surface area contributed by atoms with E-state index in [0.29, 0.717) is 0 Å². The molecule has 0 saturated heterocycles. The number of hydrogen-bond acceptors (Lipinski definition) is 4. The largest absolute Gasteiger partial charge is 0.496 e. The molecule has 0 unspecified atom stereocenters. The van der Waals surface area contributed by atoms with Crippen LogP contribution in [0.25, 0.3) is 28.4 Å². The van der Waals surface area contributed by atoms with Crippen LogP contribution < -0.4 is 18.9 Å². The van der Waals surface area contributed by atoms with Gasteiger partial charge in [-0.3, -0.25) is 0 Å². The van der Waals surface area contributed by atoms with E-state index < -0.39 is 0 Å². The molecule has 0 spiro atoms. The van der Waals surface area contributed by atoms with Crippen molar-refractivity contribution in [2.45, 2.75) is 53.4 Å². The van der Waals surface area contributed by atoms with Crippen molar-refractivity contribution >= 4 is 28.4 Å². The zero-order valence-corrected chi connectivity index (χ0v) is 28.5. The van der Waals surface area contributed by atoms with Crippen molar-refractivity contribution in [3.63, 3.8) is 0 Å². The van der Waals surface area contributed by atoms with E-state index in [1.54, 1.807) is 28.4 Å². The van der Waals surface area contributed by atoms with Crippen LogP contribution in [0.3, 0.4) is 0 Å². The summed E-state index contributed by atoms with van der Waals surface area (Å²) in [4.78, 5) is 0. The molecule has 238 valence electrons. The molecule has 4 aromatic rings. The standard InChI is InChI=1S/C42H46O4/c1-27-28(2)32-16-20-40(44-6)36(24-32)12-10-14-38-26-34(18-22-42(38)46-8)30(4)29(3)33-17-21-41(45-7)37(25-33)13-9-11-35-23-31(27)15-19-39(35)43-5/h9,11,15-26H,10,12-14H2,1-8H3/b11-9-,28-27-,30-29-. The van der Waals surface area contributed by atoms with E-state index in [1.165, 1.54) is 55.7 Å². The molecule has 0 saturated carbocycles. The van der Waals surface area contributed by atoms with E-state index in [9.17, 15) is 0 Å². The third-order valence-electron chi connectivity index (χ3n) is 9.46. The molecule has 4 aromatic carbocycles. The molecule has 0 N–H and O–H groups in total. The topological polar surface area (TPSA) is 36.9 Å². The summed E-state index contributed by atoms with van der Waals surface area (Å²) in [6.45, 7) is 8.80. The van der Waals surface area contributed by atoms with Gasteiger partial charge in [0.2, 0.25) is 0 Å². The third kappa shape index (κ3) is 6.92. The van der Waals surface area contributed by atoms with Crippen LogP contribution in [0.2, 0.25) is 0 Å². The Labute approximate surface area is 275 Å². The van der Waals surface area contributed by atoms with Crippen LogP contribution >= 0.6 is 0 Å². The summed E-state index contributed by atoms with van der Waals surface area (Å²) < 4.78 is 23.1. The minimum atomic E-state index is 0.728. The summed E-state index contributed by atoms with van der Waals surface area (Å²) in [6, 6.07) is 26.0. The quantitative estimate of drug-likeness (QED) is 0.229. The highest BCUT2D eigenvalue weighted by molar-refractivity contribution is 5.90. The first kappa shape index (κ1) is 32.7. The number of rotatable bonds is 4. The normalized spacial score (nSPS) is 17.7. The molecule has 4 heteroatoms. The zero-order valence-electron chi connectivity index (χ0n) is 28.5. The maximum atomic E-state index is 5.80. The zero-order chi connectivity index (χ0) is 32.8. The Kier molecular flexibility index (Phi) is 10.4. The second kappa shape index (κ2) is 14.6. The Morgan fingerprint density at radius 1 is 0.435 bits per heavy atom. The SMILES string of the molecule is COc1ccc2cc1/C=C\Cc1cc(ccc1OC)/C(C)=C(/C)c1ccc(OC)c(c1)CCCc1cc(ccc1OC)/C(C)=C\2C. The number of hydrogen-bond donors (Lipinski definition) is 0.